The highest BCUT2D eigenvalue weighted by Crippen LogP contribution is 2.48. The maximum Gasteiger partial charge on any atom is 0.306 e. The molecule has 8 heteroatoms. The third-order valence-corrected chi connectivity index (χ3v) is 12.6. The highest BCUT2D eigenvalue weighted by atomic mass is 16.5. The molecule has 0 aromatic rings. The minimum atomic E-state index is -0.721. The molecule has 8 bridgehead atoms. The second-order valence-corrected chi connectivity index (χ2v) is 17.0. The fraction of sp³-hybridized carbons (Fsp3) is 0.480. The number of ether oxygens (including phenoxy) is 1. The Morgan fingerprint density at radius 3 is 2.22 bits per heavy atom. The molecule has 6 rings (SSSR count). The Labute approximate surface area is 346 Å². The largest absolute Gasteiger partial charge is 0.511 e. The Bertz CT molecular complexity index is 2230. The molecule has 0 saturated carbocycles. The molecule has 5 aliphatic heterocycles. The molecule has 308 valence electrons. The summed E-state index contributed by atoms with van der Waals surface area (Å²) in [5.74, 6) is 0.0687. The number of nitrogens with zero attached hydrogens (tertiary/aromatic N) is 3. The fourth-order valence-corrected chi connectivity index (χ4v) is 9.28. The number of hydrogen-bond acceptors (Lipinski definition) is 8. The van der Waals surface area contributed by atoms with E-state index in [0.29, 0.717) is 25.0 Å². The zero-order valence-electron chi connectivity index (χ0n) is 36.7. The van der Waals surface area contributed by atoms with Gasteiger partial charge in [-0.25, -0.2) is 15.0 Å². The molecule has 0 aromatic carbocycles. The van der Waals surface area contributed by atoms with Crippen molar-refractivity contribution in [2.75, 3.05) is 6.61 Å². The molecule has 6 aliphatic rings. The van der Waals surface area contributed by atoms with Gasteiger partial charge in [-0.05, 0) is 146 Å². The molecular formula is C50H64N4O4. The van der Waals surface area contributed by atoms with Gasteiger partial charge in [-0.1, -0.05) is 49.6 Å². The lowest BCUT2D eigenvalue weighted by molar-refractivity contribution is -0.142. The first-order valence-electron chi connectivity index (χ1n) is 21.4. The second kappa shape index (κ2) is 18.0. The van der Waals surface area contributed by atoms with Gasteiger partial charge in [0.1, 0.15) is 12.4 Å². The van der Waals surface area contributed by atoms with Gasteiger partial charge in [-0.15, -0.1) is 0 Å². The normalized spacial score (nSPS) is 22.5. The van der Waals surface area contributed by atoms with Gasteiger partial charge in [0.05, 0.1) is 40.3 Å². The lowest BCUT2D eigenvalue weighted by Gasteiger charge is -2.18. The molecule has 5 heterocycles. The van der Waals surface area contributed by atoms with Gasteiger partial charge >= 0.3 is 5.97 Å². The quantitative estimate of drug-likeness (QED) is 0.120. The molecule has 1 aliphatic carbocycles. The van der Waals surface area contributed by atoms with Gasteiger partial charge in [0.25, 0.3) is 0 Å². The van der Waals surface area contributed by atoms with Crippen molar-refractivity contribution in [1.82, 2.24) is 5.32 Å². The lowest BCUT2D eigenvalue weighted by atomic mass is 9.85. The Balaban J connectivity index is 1.30. The summed E-state index contributed by atoms with van der Waals surface area (Å²) in [6, 6.07) is 0. The number of aliphatic hydroxyl groups excluding tert-OH is 2. The number of rotatable bonds is 14. The first kappa shape index (κ1) is 42.8. The smallest absolute Gasteiger partial charge is 0.306 e. The number of hydrogen-bond donors (Lipinski definition) is 3. The summed E-state index contributed by atoms with van der Waals surface area (Å²) >= 11 is 0. The topological polar surface area (TPSA) is 116 Å². The van der Waals surface area contributed by atoms with Crippen LogP contribution in [0.3, 0.4) is 0 Å². The predicted octanol–water partition coefficient (Wildman–Crippen LogP) is 11.6. The molecule has 0 amide bonds. The van der Waals surface area contributed by atoms with Crippen molar-refractivity contribution in [3.8, 4) is 0 Å². The average Bonchev–Trinajstić information content (AvgIpc) is 3.94. The van der Waals surface area contributed by atoms with E-state index < -0.39 is 6.10 Å². The van der Waals surface area contributed by atoms with Gasteiger partial charge in [-0.3, -0.25) is 4.79 Å². The van der Waals surface area contributed by atoms with E-state index in [1.165, 1.54) is 16.7 Å². The molecule has 58 heavy (non-hydrogen) atoms. The average molecular weight is 785 g/mol. The summed E-state index contributed by atoms with van der Waals surface area (Å²) < 4.78 is 5.77. The van der Waals surface area contributed by atoms with E-state index in [-0.39, 0.29) is 30.8 Å². The highest BCUT2D eigenvalue weighted by molar-refractivity contribution is 6.21. The molecule has 0 unspecified atom stereocenters. The number of esters is 1. The molecule has 8 nitrogen and oxygen atoms in total. The molecule has 1 saturated heterocycles. The van der Waals surface area contributed by atoms with E-state index in [1.54, 1.807) is 6.92 Å². The van der Waals surface area contributed by atoms with Gasteiger partial charge in [-0.2, -0.15) is 0 Å². The van der Waals surface area contributed by atoms with Crippen molar-refractivity contribution in [3.63, 3.8) is 0 Å². The summed E-state index contributed by atoms with van der Waals surface area (Å²) in [5, 5.41) is 26.5. The second-order valence-electron chi connectivity index (χ2n) is 17.0. The Hall–Kier alpha value is -4.82. The zero-order valence-corrected chi connectivity index (χ0v) is 36.7. The molecule has 3 atom stereocenters. The minimum Gasteiger partial charge on any atom is -0.511 e. The standard InChI is InChI=1S/C50H64N4O4/c1-12-35-30(7)39-25-42-45(34(11)55)32(9)48(53-42)33(10)47-31(8)37(20-21-44(57)58-23-22-29(6)19-15-18-28(5)17-14-16-27(3)4)49(54-47)38-24-43(56)46-36(13-2)41(52-50(38)46)26-40(35)51-39/h16,18,22,25-26,31,34,37,54-56H,12-15,17,19-21,23-24H2,1-11H3/b28-18+,29-22+,40-26?,42-25?,47-33?,49-38?/t31-,34+,37-/m0/s1. The van der Waals surface area contributed by atoms with Crippen molar-refractivity contribution in [3.05, 3.63) is 126 Å². The van der Waals surface area contributed by atoms with E-state index in [1.807, 2.05) is 19.1 Å². The lowest BCUT2D eigenvalue weighted by Crippen LogP contribution is -2.16. The van der Waals surface area contributed by atoms with Crippen LogP contribution in [0.4, 0.5) is 0 Å². The number of carbonyl (C=O) groups is 1. The van der Waals surface area contributed by atoms with Crippen LogP contribution in [0, 0.1) is 11.8 Å². The van der Waals surface area contributed by atoms with E-state index in [0.717, 1.165) is 122 Å². The zero-order chi connectivity index (χ0) is 42.0. The molecule has 3 N–H and O–H groups in total. The first-order chi connectivity index (χ1) is 27.6. The number of aliphatic hydroxyl groups is 2. The SMILES string of the molecule is CCC1=C2C=C3N=C(C=C4N=C(C(C)=C5NC(=C6CC(O)=C1C6=N2)[C@@H](CCC(=O)OC/C=C(\C)CC/C=C(\C)CCC=C(C)C)[C@@H]5C)C(C)=C4[C@@H](C)O)C(C)=C3CC. The summed E-state index contributed by atoms with van der Waals surface area (Å²) in [4.78, 5) is 28.9. The van der Waals surface area contributed by atoms with Crippen LogP contribution in [0.1, 0.15) is 134 Å². The highest BCUT2D eigenvalue weighted by Gasteiger charge is 2.42. The van der Waals surface area contributed by atoms with E-state index >= 15 is 0 Å². The van der Waals surface area contributed by atoms with E-state index in [2.05, 4.69) is 85.9 Å². The maximum atomic E-state index is 13.3. The fourth-order valence-electron chi connectivity index (χ4n) is 9.28. The van der Waals surface area contributed by atoms with Crippen LogP contribution in [0.25, 0.3) is 0 Å². The van der Waals surface area contributed by atoms with E-state index in [9.17, 15) is 15.0 Å². The van der Waals surface area contributed by atoms with E-state index in [4.69, 9.17) is 19.7 Å². The Kier molecular flexibility index (Phi) is 13.3. The number of carbonyl (C=O) groups excluding carboxylic acids is 1. The van der Waals surface area contributed by atoms with Gasteiger partial charge in [0, 0.05) is 52.8 Å². The van der Waals surface area contributed by atoms with Crippen LogP contribution < -0.4 is 5.32 Å². The monoisotopic (exact) mass is 784 g/mol. The van der Waals surface area contributed by atoms with Crippen molar-refractivity contribution in [2.24, 2.45) is 26.8 Å². The molecule has 0 radical (unpaired) electrons. The first-order valence-corrected chi connectivity index (χ1v) is 21.4. The number of aliphatic imine (C=N–C) groups is 3. The summed E-state index contributed by atoms with van der Waals surface area (Å²) in [5.41, 5.74) is 18.7. The number of nitrogens with one attached hydrogen (secondary N) is 1. The molecule has 0 spiro atoms. The number of fused-ring (bicyclic) bond motifs is 5. The van der Waals surface area contributed by atoms with Gasteiger partial charge in [0.2, 0.25) is 0 Å². The molecule has 1 fully saturated rings. The van der Waals surface area contributed by atoms with Crippen LogP contribution in [-0.4, -0.2) is 46.0 Å². The van der Waals surface area contributed by atoms with Gasteiger partial charge in [0.15, 0.2) is 0 Å². The van der Waals surface area contributed by atoms with Crippen molar-refractivity contribution < 1.29 is 19.7 Å². The van der Waals surface area contributed by atoms with Crippen molar-refractivity contribution >= 4 is 23.1 Å². The van der Waals surface area contributed by atoms with Crippen LogP contribution in [-0.2, 0) is 9.53 Å². The van der Waals surface area contributed by atoms with Gasteiger partial charge < -0.3 is 20.3 Å². The van der Waals surface area contributed by atoms with Crippen LogP contribution >= 0.6 is 0 Å². The third-order valence-electron chi connectivity index (χ3n) is 12.6. The Morgan fingerprint density at radius 2 is 1.55 bits per heavy atom. The maximum absolute atomic E-state index is 13.3. The Morgan fingerprint density at radius 1 is 0.862 bits per heavy atom. The van der Waals surface area contributed by atoms with Crippen molar-refractivity contribution in [2.45, 2.75) is 140 Å². The molecular weight excluding hydrogens is 721 g/mol. The van der Waals surface area contributed by atoms with Crippen LogP contribution in [0.5, 0.6) is 0 Å². The van der Waals surface area contributed by atoms with Crippen LogP contribution in [0.15, 0.2) is 141 Å². The summed E-state index contributed by atoms with van der Waals surface area (Å²) in [6.07, 6.45) is 16.8. The summed E-state index contributed by atoms with van der Waals surface area (Å²) in [7, 11) is 0. The summed E-state index contributed by atoms with van der Waals surface area (Å²) in [6.45, 7) is 23.3. The van der Waals surface area contributed by atoms with Crippen molar-refractivity contribution in [1.29, 1.82) is 0 Å². The van der Waals surface area contributed by atoms with Crippen LogP contribution in [0.2, 0.25) is 0 Å². The minimum absolute atomic E-state index is 0.0104. The third kappa shape index (κ3) is 8.63. The predicted molar refractivity (Wildman–Crippen MR) is 239 cm³/mol. The molecule has 0 aromatic heterocycles. The number of allylic oxidation sites excluding steroid dienone is 16.